The van der Waals surface area contributed by atoms with E-state index in [-0.39, 0.29) is 89.1 Å². The monoisotopic (exact) mass is 1290 g/mol. The lowest BCUT2D eigenvalue weighted by atomic mass is 10.3. The number of halogens is 1. The van der Waals surface area contributed by atoms with Gasteiger partial charge in [0.15, 0.2) is 17.5 Å². The van der Waals surface area contributed by atoms with E-state index in [1.807, 2.05) is 41.9 Å². The molecule has 0 aliphatic rings. The molecule has 0 fully saturated rings. The van der Waals surface area contributed by atoms with Gasteiger partial charge in [-0.05, 0) is 63.8 Å². The molecule has 0 saturated carbocycles. The van der Waals surface area contributed by atoms with Gasteiger partial charge in [0.05, 0.1) is 51.3 Å². The number of rotatable bonds is 24. The Labute approximate surface area is 505 Å². The Balaban J connectivity index is 0.758. The second-order valence-electron chi connectivity index (χ2n) is 20.4. The molecule has 0 spiro atoms. The number of aryl methyl sites for hydroxylation is 8. The summed E-state index contributed by atoms with van der Waals surface area (Å²) in [6.07, 6.45) is 13.5. The lowest BCUT2D eigenvalue weighted by Crippen LogP contribution is -2.28. The van der Waals surface area contributed by atoms with Crippen molar-refractivity contribution >= 4 is 122 Å². The normalized spacial score (nSPS) is 11.1. The van der Waals surface area contributed by atoms with Gasteiger partial charge in [-0.15, -0.1) is 0 Å². The predicted octanol–water partition coefficient (Wildman–Crippen LogP) is 3.69. The zero-order valence-electron chi connectivity index (χ0n) is 48.7. The van der Waals surface area contributed by atoms with E-state index in [1.54, 1.807) is 113 Å². The molecule has 0 atom stereocenters. The first kappa shape index (κ1) is 61.8. The highest BCUT2D eigenvalue weighted by atomic mass is 127. The first-order valence-corrected chi connectivity index (χ1v) is 27.6. The number of hydrogen-bond donors (Lipinski definition) is 10. The molecule has 8 rings (SSSR count). The van der Waals surface area contributed by atoms with Crippen LogP contribution in [-0.4, -0.2) is 143 Å². The number of hydrogen-bond acceptors (Lipinski definition) is 14. The Bertz CT molecular complexity index is 3930. The Morgan fingerprint density at radius 2 is 0.698 bits per heavy atom. The lowest BCUT2D eigenvalue weighted by Gasteiger charge is -2.10. The molecule has 8 aromatic heterocycles. The number of imidazole rings is 3. The molecule has 8 heterocycles. The number of amides is 9. The van der Waals surface area contributed by atoms with Gasteiger partial charge in [0.2, 0.25) is 23.4 Å². The molecule has 0 saturated heterocycles. The van der Waals surface area contributed by atoms with Gasteiger partial charge in [0.1, 0.15) is 28.5 Å². The van der Waals surface area contributed by atoms with Crippen LogP contribution in [0.2, 0.25) is 0 Å². The molecule has 452 valence electrons. The molecular formula is C54H65IN22O9. The topological polar surface area (TPSA) is 355 Å². The minimum Gasteiger partial charge on any atom is -0.351 e. The third-order valence-corrected chi connectivity index (χ3v) is 13.9. The molecule has 0 radical (unpaired) electrons. The average Bonchev–Trinajstić information content (AvgIpc) is 4.56. The molecule has 31 nitrogen and oxygen atoms in total. The molecular weight excluding hydrogens is 1230 g/mol. The van der Waals surface area contributed by atoms with Crippen LogP contribution in [0.3, 0.4) is 0 Å². The Morgan fingerprint density at radius 3 is 1.10 bits per heavy atom. The zero-order chi connectivity index (χ0) is 62.3. The summed E-state index contributed by atoms with van der Waals surface area (Å²) in [5.41, 5.74) is 3.55. The first-order valence-electron chi connectivity index (χ1n) is 26.5. The second kappa shape index (κ2) is 26.5. The van der Waals surface area contributed by atoms with Crippen molar-refractivity contribution in [1.29, 1.82) is 0 Å². The maximum absolute atomic E-state index is 13.4. The first-order chi connectivity index (χ1) is 40.8. The predicted molar refractivity (Wildman–Crippen MR) is 328 cm³/mol. The van der Waals surface area contributed by atoms with E-state index < -0.39 is 35.4 Å². The minimum atomic E-state index is -0.679. The number of nitrogens with one attached hydrogen (secondary N) is 10. The van der Waals surface area contributed by atoms with Gasteiger partial charge in [0, 0.05) is 125 Å². The van der Waals surface area contributed by atoms with Crippen LogP contribution >= 0.6 is 22.9 Å². The SMILES string of the molecule is CN(C)CCCNC(=O)c1cc(NC(=O)c2nc(NC(=O)c3nc(NC(=O)c4cc(NC(=O)CCCNC(=O)c5nc(NC(=O)c6cc(NC(=O)c7cc(NC(=O)c8cc(NI)cn8C)cn7C)cn6C)cn5C)cn4C)cn3C)cn2C)cn1C. The molecule has 86 heavy (non-hydrogen) atoms. The van der Waals surface area contributed by atoms with Gasteiger partial charge < -0.3 is 92.8 Å². The van der Waals surface area contributed by atoms with Crippen molar-refractivity contribution in [3.63, 3.8) is 0 Å². The van der Waals surface area contributed by atoms with Gasteiger partial charge >= 0.3 is 0 Å². The van der Waals surface area contributed by atoms with Gasteiger partial charge in [-0.2, -0.15) is 0 Å². The van der Waals surface area contributed by atoms with E-state index in [0.29, 0.717) is 40.7 Å². The van der Waals surface area contributed by atoms with E-state index in [2.05, 4.69) is 66.3 Å². The largest absolute Gasteiger partial charge is 0.351 e. The summed E-state index contributed by atoms with van der Waals surface area (Å²) in [5, 5.41) is 24.6. The standard InChI is InChI=1S/C54H65IN22O9/c1-69(2)16-12-15-56-47(79)35-18-33(25-70(35)3)61-53(85)45-64-42(29-76(45)9)67-54(86)46-63-41(28-77(46)10)66-50(82)37-17-30(22-71(37)4)58-43(78)13-11-14-57-52(84)44-62-40(27-75(44)8)65-51(83)38-20-32(24-73(38)6)59-48(80)36-19-31(23-72(36)5)60-49(81)39-21-34(68-55)26-74(39)7/h17-29,68H,11-16H2,1-10H3,(H,56,79)(H,57,84)(H,58,78)(H,59,80)(H,60,81)(H,61,85)(H,65,83)(H,66,82)(H,67,86). The number of carbonyl (C=O) groups excluding carboxylic acids is 9. The van der Waals surface area contributed by atoms with Crippen LogP contribution < -0.4 is 51.4 Å². The Morgan fingerprint density at radius 1 is 0.384 bits per heavy atom. The maximum atomic E-state index is 13.4. The maximum Gasteiger partial charge on any atom is 0.292 e. The van der Waals surface area contributed by atoms with Crippen molar-refractivity contribution in [2.45, 2.75) is 19.3 Å². The number of aromatic nitrogens is 11. The molecule has 0 unspecified atom stereocenters. The smallest absolute Gasteiger partial charge is 0.292 e. The molecule has 8 aromatic rings. The van der Waals surface area contributed by atoms with Gasteiger partial charge in [-0.3, -0.25) is 43.2 Å². The van der Waals surface area contributed by atoms with Crippen molar-refractivity contribution in [3.8, 4) is 0 Å². The summed E-state index contributed by atoms with van der Waals surface area (Å²) in [7, 11) is 17.0. The van der Waals surface area contributed by atoms with Crippen molar-refractivity contribution in [1.82, 2.24) is 67.0 Å². The van der Waals surface area contributed by atoms with E-state index in [1.165, 1.54) is 59.6 Å². The fourth-order valence-corrected chi connectivity index (χ4v) is 9.34. The average molecular weight is 1290 g/mol. The van der Waals surface area contributed by atoms with Crippen molar-refractivity contribution < 1.29 is 43.2 Å². The molecule has 9 amide bonds. The summed E-state index contributed by atoms with van der Waals surface area (Å²) >= 11 is 1.97. The van der Waals surface area contributed by atoms with Crippen molar-refractivity contribution in [3.05, 3.63) is 126 Å². The highest BCUT2D eigenvalue weighted by molar-refractivity contribution is 14.1. The third kappa shape index (κ3) is 14.9. The summed E-state index contributed by atoms with van der Waals surface area (Å²) < 4.78 is 15.1. The molecule has 32 heteroatoms. The van der Waals surface area contributed by atoms with Crippen molar-refractivity contribution in [2.75, 3.05) is 74.5 Å². The van der Waals surface area contributed by atoms with E-state index in [0.717, 1.165) is 18.7 Å². The number of nitrogens with zero attached hydrogens (tertiary/aromatic N) is 12. The van der Waals surface area contributed by atoms with Crippen LogP contribution in [0, 0.1) is 0 Å². The van der Waals surface area contributed by atoms with Crippen LogP contribution in [-0.2, 0) is 61.2 Å². The van der Waals surface area contributed by atoms with Gasteiger partial charge in [-0.1, -0.05) is 0 Å². The van der Waals surface area contributed by atoms with Crippen LogP contribution in [0.25, 0.3) is 0 Å². The van der Waals surface area contributed by atoms with Crippen LogP contribution in [0.4, 0.5) is 45.9 Å². The molecule has 0 aromatic carbocycles. The fraction of sp³-hybridized carbons (Fsp3) is 0.296. The highest BCUT2D eigenvalue weighted by Crippen LogP contribution is 2.23. The summed E-state index contributed by atoms with van der Waals surface area (Å²) in [6, 6.07) is 7.73. The van der Waals surface area contributed by atoms with Gasteiger partial charge in [0.25, 0.3) is 47.3 Å². The number of carbonyl (C=O) groups is 9. The summed E-state index contributed by atoms with van der Waals surface area (Å²) in [6.45, 7) is 1.42. The lowest BCUT2D eigenvalue weighted by molar-refractivity contribution is -0.116. The van der Waals surface area contributed by atoms with Crippen LogP contribution in [0.15, 0.2) is 79.9 Å². The molecule has 0 aliphatic heterocycles. The minimum absolute atomic E-state index is 0.00815. The zero-order valence-corrected chi connectivity index (χ0v) is 50.8. The quantitative estimate of drug-likeness (QED) is 0.0235. The fourth-order valence-electron chi connectivity index (χ4n) is 9.04. The Hall–Kier alpha value is -10.3. The highest BCUT2D eigenvalue weighted by Gasteiger charge is 2.24. The van der Waals surface area contributed by atoms with Crippen molar-refractivity contribution in [2.24, 2.45) is 56.4 Å². The molecule has 0 bridgehead atoms. The third-order valence-electron chi connectivity index (χ3n) is 13.3. The van der Waals surface area contributed by atoms with Gasteiger partial charge in [-0.25, -0.2) is 15.0 Å². The molecule has 10 N–H and O–H groups in total. The summed E-state index contributed by atoms with van der Waals surface area (Å²) in [4.78, 5) is 133. The molecule has 0 aliphatic carbocycles. The number of anilines is 8. The summed E-state index contributed by atoms with van der Waals surface area (Å²) in [5.74, 6) is -4.40. The Kier molecular flexibility index (Phi) is 19.1. The van der Waals surface area contributed by atoms with E-state index in [4.69, 9.17) is 0 Å². The van der Waals surface area contributed by atoms with Crippen LogP contribution in [0.5, 0.6) is 0 Å². The van der Waals surface area contributed by atoms with E-state index in [9.17, 15) is 43.2 Å². The second-order valence-corrected chi connectivity index (χ2v) is 21.0. The van der Waals surface area contributed by atoms with Crippen LogP contribution in [0.1, 0.15) is 104 Å². The van der Waals surface area contributed by atoms with E-state index >= 15 is 0 Å².